The number of nitrogens with one attached hydrogen (secondary N) is 1. The van der Waals surface area contributed by atoms with Gasteiger partial charge in [0, 0.05) is 24.7 Å². The predicted octanol–water partition coefficient (Wildman–Crippen LogP) is 2.45. The molecule has 6 nitrogen and oxygen atoms in total. The summed E-state index contributed by atoms with van der Waals surface area (Å²) in [5.41, 5.74) is 10.2. The molecule has 124 valence electrons. The predicted molar refractivity (Wildman–Crippen MR) is 91.6 cm³/mol. The Kier molecular flexibility index (Phi) is 4.93. The molecule has 0 aliphatic rings. The third-order valence-corrected chi connectivity index (χ3v) is 4.14. The summed E-state index contributed by atoms with van der Waals surface area (Å²) >= 11 is 0. The Morgan fingerprint density at radius 1 is 1.43 bits per heavy atom. The highest BCUT2D eigenvalue weighted by molar-refractivity contribution is 5.95. The van der Waals surface area contributed by atoms with Crippen molar-refractivity contribution in [2.45, 2.75) is 27.2 Å². The molecule has 0 saturated heterocycles. The summed E-state index contributed by atoms with van der Waals surface area (Å²) in [6.45, 7) is 5.88. The second-order valence-electron chi connectivity index (χ2n) is 5.82. The second kappa shape index (κ2) is 6.73. The van der Waals surface area contributed by atoms with E-state index in [-0.39, 0.29) is 11.8 Å². The highest BCUT2D eigenvalue weighted by atomic mass is 16.5. The van der Waals surface area contributed by atoms with Crippen molar-refractivity contribution in [3.63, 3.8) is 0 Å². The standard InChI is InChI=1S/C17H24N4O2/c1-10(8-14-11(2)20-21(4)12(14)3)17(22)19-16-9-13(23-5)6-7-15(16)18/h6-7,9-10H,8,18H2,1-5H3,(H,19,22). The number of benzene rings is 1. The van der Waals surface area contributed by atoms with Crippen molar-refractivity contribution < 1.29 is 9.53 Å². The summed E-state index contributed by atoms with van der Waals surface area (Å²) in [5.74, 6) is 0.385. The van der Waals surface area contributed by atoms with E-state index >= 15 is 0 Å². The van der Waals surface area contributed by atoms with Crippen LogP contribution in [0.15, 0.2) is 18.2 Å². The monoisotopic (exact) mass is 316 g/mol. The molecule has 0 aliphatic carbocycles. The fraction of sp³-hybridized carbons (Fsp3) is 0.412. The van der Waals surface area contributed by atoms with Crippen LogP contribution in [0, 0.1) is 19.8 Å². The average Bonchev–Trinajstić information content (AvgIpc) is 2.75. The van der Waals surface area contributed by atoms with Gasteiger partial charge in [0.05, 0.1) is 24.2 Å². The Morgan fingerprint density at radius 3 is 2.70 bits per heavy atom. The topological polar surface area (TPSA) is 82.2 Å². The molecule has 0 bridgehead atoms. The molecule has 0 spiro atoms. The van der Waals surface area contributed by atoms with Crippen LogP contribution in [-0.2, 0) is 18.3 Å². The van der Waals surface area contributed by atoms with Crippen LogP contribution in [0.3, 0.4) is 0 Å². The van der Waals surface area contributed by atoms with E-state index in [0.29, 0.717) is 23.5 Å². The van der Waals surface area contributed by atoms with Gasteiger partial charge in [-0.3, -0.25) is 9.48 Å². The minimum absolute atomic E-state index is 0.0763. The van der Waals surface area contributed by atoms with Crippen LogP contribution in [0.5, 0.6) is 5.75 Å². The average molecular weight is 316 g/mol. The van der Waals surface area contributed by atoms with Crippen LogP contribution in [0.25, 0.3) is 0 Å². The first-order valence-electron chi connectivity index (χ1n) is 7.57. The molecule has 1 atom stereocenters. The zero-order chi connectivity index (χ0) is 17.1. The van der Waals surface area contributed by atoms with E-state index in [9.17, 15) is 4.79 Å². The van der Waals surface area contributed by atoms with E-state index in [4.69, 9.17) is 10.5 Å². The molecule has 0 radical (unpaired) electrons. The Balaban J connectivity index is 2.11. The van der Waals surface area contributed by atoms with E-state index in [1.54, 1.807) is 25.3 Å². The first-order chi connectivity index (χ1) is 10.8. The first kappa shape index (κ1) is 16.9. The van der Waals surface area contributed by atoms with Crippen LogP contribution in [0.4, 0.5) is 11.4 Å². The van der Waals surface area contributed by atoms with Crippen LogP contribution in [0.1, 0.15) is 23.9 Å². The van der Waals surface area contributed by atoms with Gasteiger partial charge in [-0.05, 0) is 38.0 Å². The van der Waals surface area contributed by atoms with E-state index in [0.717, 1.165) is 17.0 Å². The number of carbonyl (C=O) groups excluding carboxylic acids is 1. The zero-order valence-electron chi connectivity index (χ0n) is 14.3. The van der Waals surface area contributed by atoms with Crippen molar-refractivity contribution in [3.8, 4) is 5.75 Å². The number of methoxy groups -OCH3 is 1. The highest BCUT2D eigenvalue weighted by Gasteiger charge is 2.19. The van der Waals surface area contributed by atoms with Crippen LogP contribution >= 0.6 is 0 Å². The van der Waals surface area contributed by atoms with Gasteiger partial charge in [0.15, 0.2) is 0 Å². The van der Waals surface area contributed by atoms with Crippen molar-refractivity contribution in [2.24, 2.45) is 13.0 Å². The molecule has 3 N–H and O–H groups in total. The number of aryl methyl sites for hydroxylation is 2. The maximum Gasteiger partial charge on any atom is 0.227 e. The molecule has 1 amide bonds. The van der Waals surface area contributed by atoms with Gasteiger partial charge in [0.25, 0.3) is 0 Å². The number of hydrogen-bond acceptors (Lipinski definition) is 4. The number of anilines is 2. The summed E-state index contributed by atoms with van der Waals surface area (Å²) in [7, 11) is 3.49. The van der Waals surface area contributed by atoms with Crippen molar-refractivity contribution in [1.82, 2.24) is 9.78 Å². The Bertz CT molecular complexity index is 722. The van der Waals surface area contributed by atoms with Crippen LogP contribution in [0.2, 0.25) is 0 Å². The van der Waals surface area contributed by atoms with E-state index in [1.807, 2.05) is 32.5 Å². The number of carbonyl (C=O) groups is 1. The Hall–Kier alpha value is -2.50. The maximum atomic E-state index is 12.5. The number of ether oxygens (including phenoxy) is 1. The Labute approximate surface area is 136 Å². The van der Waals surface area contributed by atoms with Crippen LogP contribution in [-0.4, -0.2) is 22.8 Å². The number of amides is 1. The van der Waals surface area contributed by atoms with Crippen LogP contribution < -0.4 is 15.8 Å². The Morgan fingerprint density at radius 2 is 2.13 bits per heavy atom. The molecule has 0 saturated carbocycles. The number of nitrogens with zero attached hydrogens (tertiary/aromatic N) is 2. The van der Waals surface area contributed by atoms with Crippen molar-refractivity contribution in [3.05, 3.63) is 35.2 Å². The summed E-state index contributed by atoms with van der Waals surface area (Å²) in [6, 6.07) is 5.20. The third-order valence-electron chi connectivity index (χ3n) is 4.14. The summed E-state index contributed by atoms with van der Waals surface area (Å²) in [4.78, 5) is 12.5. The van der Waals surface area contributed by atoms with Gasteiger partial charge in [0.1, 0.15) is 5.75 Å². The number of nitrogens with two attached hydrogens (primary N) is 1. The lowest BCUT2D eigenvalue weighted by Crippen LogP contribution is -2.23. The molecular formula is C17H24N4O2. The molecule has 1 unspecified atom stereocenters. The molecule has 6 heteroatoms. The normalized spacial score (nSPS) is 12.0. The molecule has 2 rings (SSSR count). The van der Waals surface area contributed by atoms with Gasteiger partial charge in [0.2, 0.25) is 5.91 Å². The minimum atomic E-state index is -0.192. The summed E-state index contributed by atoms with van der Waals surface area (Å²) in [5, 5.41) is 7.27. The smallest absolute Gasteiger partial charge is 0.227 e. The second-order valence-corrected chi connectivity index (χ2v) is 5.82. The highest BCUT2D eigenvalue weighted by Crippen LogP contribution is 2.25. The number of rotatable bonds is 5. The molecule has 1 aromatic heterocycles. The molecule has 2 aromatic rings. The quantitative estimate of drug-likeness (QED) is 0.830. The fourth-order valence-corrected chi connectivity index (χ4v) is 2.54. The summed E-state index contributed by atoms with van der Waals surface area (Å²) in [6.07, 6.45) is 0.640. The van der Waals surface area contributed by atoms with E-state index in [2.05, 4.69) is 10.4 Å². The van der Waals surface area contributed by atoms with Gasteiger partial charge < -0.3 is 15.8 Å². The van der Waals surface area contributed by atoms with Gasteiger partial charge >= 0.3 is 0 Å². The van der Waals surface area contributed by atoms with E-state index < -0.39 is 0 Å². The van der Waals surface area contributed by atoms with Crippen molar-refractivity contribution >= 4 is 17.3 Å². The van der Waals surface area contributed by atoms with Crippen molar-refractivity contribution in [2.75, 3.05) is 18.2 Å². The molecule has 0 fully saturated rings. The summed E-state index contributed by atoms with van der Waals surface area (Å²) < 4.78 is 7.01. The third kappa shape index (κ3) is 3.64. The van der Waals surface area contributed by atoms with Gasteiger partial charge in [-0.2, -0.15) is 5.10 Å². The largest absolute Gasteiger partial charge is 0.497 e. The van der Waals surface area contributed by atoms with Gasteiger partial charge in [-0.1, -0.05) is 6.92 Å². The SMILES string of the molecule is COc1ccc(N)c(NC(=O)C(C)Cc2c(C)nn(C)c2C)c1. The molecule has 1 heterocycles. The molecule has 23 heavy (non-hydrogen) atoms. The number of hydrogen-bond donors (Lipinski definition) is 2. The lowest BCUT2D eigenvalue weighted by molar-refractivity contribution is -0.119. The molecular weight excluding hydrogens is 292 g/mol. The lowest BCUT2D eigenvalue weighted by atomic mass is 9.98. The van der Waals surface area contributed by atoms with E-state index in [1.165, 1.54) is 0 Å². The maximum absolute atomic E-state index is 12.5. The molecule has 1 aromatic carbocycles. The minimum Gasteiger partial charge on any atom is -0.497 e. The first-order valence-corrected chi connectivity index (χ1v) is 7.57. The molecule has 0 aliphatic heterocycles. The van der Waals surface area contributed by atoms with Gasteiger partial charge in [-0.15, -0.1) is 0 Å². The number of nitrogen functional groups attached to an aromatic ring is 1. The van der Waals surface area contributed by atoms with Gasteiger partial charge in [-0.25, -0.2) is 0 Å². The van der Waals surface area contributed by atoms with Crippen molar-refractivity contribution in [1.29, 1.82) is 0 Å². The fourth-order valence-electron chi connectivity index (χ4n) is 2.54. The zero-order valence-corrected chi connectivity index (χ0v) is 14.3. The lowest BCUT2D eigenvalue weighted by Gasteiger charge is -2.14. The number of aromatic nitrogens is 2.